The summed E-state index contributed by atoms with van der Waals surface area (Å²) in [6.45, 7) is 4.52. The molecular formula is C24H24FN5O. The van der Waals surface area contributed by atoms with Gasteiger partial charge in [0.1, 0.15) is 11.9 Å². The highest BCUT2D eigenvalue weighted by atomic mass is 19.1. The number of allylic oxidation sites excluding steroid dienone is 1. The Morgan fingerprint density at radius 3 is 2.90 bits per heavy atom. The summed E-state index contributed by atoms with van der Waals surface area (Å²) < 4.78 is 20.4. The van der Waals surface area contributed by atoms with Crippen molar-refractivity contribution < 1.29 is 9.13 Å². The van der Waals surface area contributed by atoms with Gasteiger partial charge in [-0.3, -0.25) is 4.98 Å². The number of nitrogens with one attached hydrogen (secondary N) is 2. The van der Waals surface area contributed by atoms with Gasteiger partial charge in [0.25, 0.3) is 0 Å². The van der Waals surface area contributed by atoms with Crippen LogP contribution < -0.4 is 15.8 Å². The number of rotatable bonds is 3. The van der Waals surface area contributed by atoms with Gasteiger partial charge in [-0.05, 0) is 55.3 Å². The Morgan fingerprint density at radius 1 is 1.29 bits per heavy atom. The van der Waals surface area contributed by atoms with Gasteiger partial charge in [0.2, 0.25) is 0 Å². The molecule has 1 aromatic carbocycles. The van der Waals surface area contributed by atoms with Gasteiger partial charge in [-0.15, -0.1) is 0 Å². The highest BCUT2D eigenvalue weighted by Gasteiger charge is 2.22. The third-order valence-electron chi connectivity index (χ3n) is 5.30. The number of hydrogen-bond acceptors (Lipinski definition) is 6. The molecule has 6 nitrogen and oxygen atoms in total. The van der Waals surface area contributed by atoms with Crippen molar-refractivity contribution in [3.8, 4) is 17.0 Å². The van der Waals surface area contributed by atoms with Gasteiger partial charge in [-0.2, -0.15) is 0 Å². The number of hydrogen-bond donors (Lipinski definition) is 3. The minimum absolute atomic E-state index is 0.247. The Hall–Kier alpha value is -3.74. The number of nitrogens with zero attached hydrogens (tertiary/aromatic N) is 2. The number of pyridine rings is 2. The average molecular weight is 417 g/mol. The van der Waals surface area contributed by atoms with Crippen LogP contribution in [0.5, 0.6) is 5.75 Å². The van der Waals surface area contributed by atoms with Gasteiger partial charge in [0, 0.05) is 54.0 Å². The molecular weight excluding hydrogens is 393 g/mol. The van der Waals surface area contributed by atoms with Crippen LogP contribution in [0.25, 0.3) is 17.0 Å². The van der Waals surface area contributed by atoms with E-state index in [9.17, 15) is 4.39 Å². The Bertz CT molecular complexity index is 1170. The third kappa shape index (κ3) is 3.99. The maximum atomic E-state index is 14.2. The molecule has 158 valence electrons. The van der Waals surface area contributed by atoms with Crippen molar-refractivity contribution >= 4 is 17.7 Å². The molecule has 1 atom stereocenters. The lowest BCUT2D eigenvalue weighted by Crippen LogP contribution is -2.17. The molecule has 1 aliphatic heterocycles. The monoisotopic (exact) mass is 417 g/mol. The van der Waals surface area contributed by atoms with Gasteiger partial charge >= 0.3 is 0 Å². The summed E-state index contributed by atoms with van der Waals surface area (Å²) >= 11 is 0. The molecule has 3 heterocycles. The summed E-state index contributed by atoms with van der Waals surface area (Å²) in [7, 11) is 0. The molecule has 1 unspecified atom stereocenters. The standard InChI is InChI=1S/C24H24FN5O/c1-3-28-22-16(12-26)9-15-5-4-8-29-23(15)19-7-6-18(25)11-20(19)14(2)31-21-10-17(22)13-30-24(21)27/h4-8,10-14,26,28H,3,9H2,1-2H3,(H2,27,30)/b22-16-,26-12?. The van der Waals surface area contributed by atoms with Crippen LogP contribution in [0.2, 0.25) is 0 Å². The van der Waals surface area contributed by atoms with E-state index in [0.717, 1.165) is 33.7 Å². The number of fused-ring (bicyclic) bond motifs is 5. The summed E-state index contributed by atoms with van der Waals surface area (Å²) in [5, 5.41) is 11.4. The molecule has 0 spiro atoms. The van der Waals surface area contributed by atoms with Crippen LogP contribution in [0.3, 0.4) is 0 Å². The van der Waals surface area contributed by atoms with E-state index in [-0.39, 0.29) is 11.6 Å². The molecule has 0 radical (unpaired) electrons. The van der Waals surface area contributed by atoms with Crippen molar-refractivity contribution in [2.75, 3.05) is 12.3 Å². The Balaban J connectivity index is 2.03. The fraction of sp³-hybridized carbons (Fsp3) is 0.208. The highest BCUT2D eigenvalue weighted by molar-refractivity contribution is 5.90. The van der Waals surface area contributed by atoms with E-state index < -0.39 is 6.10 Å². The van der Waals surface area contributed by atoms with Crippen LogP contribution in [-0.4, -0.2) is 22.7 Å². The maximum absolute atomic E-state index is 14.2. The van der Waals surface area contributed by atoms with Crippen molar-refractivity contribution in [1.82, 2.24) is 15.3 Å². The van der Waals surface area contributed by atoms with Crippen molar-refractivity contribution in [3.63, 3.8) is 0 Å². The van der Waals surface area contributed by atoms with Crippen LogP contribution in [0.4, 0.5) is 10.2 Å². The van der Waals surface area contributed by atoms with E-state index in [2.05, 4.69) is 15.3 Å². The zero-order valence-corrected chi connectivity index (χ0v) is 17.4. The molecule has 0 saturated carbocycles. The second kappa shape index (κ2) is 8.55. The number of benzene rings is 1. The second-order valence-corrected chi connectivity index (χ2v) is 7.36. The molecule has 3 aromatic rings. The quantitative estimate of drug-likeness (QED) is 0.544. The van der Waals surface area contributed by atoms with Gasteiger partial charge in [0.15, 0.2) is 11.6 Å². The Labute approximate surface area is 180 Å². The molecule has 1 aliphatic rings. The molecule has 4 rings (SSSR count). The predicted molar refractivity (Wildman–Crippen MR) is 120 cm³/mol. The topological polar surface area (TPSA) is 96.9 Å². The smallest absolute Gasteiger partial charge is 0.166 e. The van der Waals surface area contributed by atoms with Crippen molar-refractivity contribution in [1.29, 1.82) is 5.41 Å². The lowest BCUT2D eigenvalue weighted by Gasteiger charge is -2.23. The van der Waals surface area contributed by atoms with E-state index in [1.807, 2.05) is 32.0 Å². The first-order chi connectivity index (χ1) is 15.0. The molecule has 31 heavy (non-hydrogen) atoms. The first-order valence-electron chi connectivity index (χ1n) is 10.2. The van der Waals surface area contributed by atoms with Crippen molar-refractivity contribution in [2.24, 2.45) is 0 Å². The number of halogens is 1. The van der Waals surface area contributed by atoms with Crippen LogP contribution in [0, 0.1) is 11.2 Å². The number of anilines is 1. The third-order valence-corrected chi connectivity index (χ3v) is 5.30. The maximum Gasteiger partial charge on any atom is 0.166 e. The molecule has 2 aromatic heterocycles. The number of nitrogens with two attached hydrogens (primary N) is 1. The van der Waals surface area contributed by atoms with Crippen LogP contribution in [-0.2, 0) is 6.42 Å². The molecule has 7 heteroatoms. The molecule has 4 N–H and O–H groups in total. The Morgan fingerprint density at radius 2 is 2.13 bits per heavy atom. The van der Waals surface area contributed by atoms with Gasteiger partial charge < -0.3 is 21.2 Å². The summed E-state index contributed by atoms with van der Waals surface area (Å²) in [6.07, 6.45) is 4.70. The fourth-order valence-corrected chi connectivity index (χ4v) is 3.84. The number of aromatic nitrogens is 2. The summed E-state index contributed by atoms with van der Waals surface area (Å²) in [4.78, 5) is 8.91. The van der Waals surface area contributed by atoms with E-state index in [0.29, 0.717) is 24.3 Å². The summed E-state index contributed by atoms with van der Waals surface area (Å²) in [5.41, 5.74) is 11.5. The first-order valence-corrected chi connectivity index (χ1v) is 10.2. The summed E-state index contributed by atoms with van der Waals surface area (Å²) in [6, 6.07) is 10.3. The van der Waals surface area contributed by atoms with Gasteiger partial charge in [0.05, 0.1) is 5.69 Å². The molecule has 0 saturated heterocycles. The average Bonchev–Trinajstić information content (AvgIpc) is 2.77. The summed E-state index contributed by atoms with van der Waals surface area (Å²) in [5.74, 6) is 0.297. The van der Waals surface area contributed by atoms with Crippen molar-refractivity contribution in [3.05, 3.63) is 76.9 Å². The fourth-order valence-electron chi connectivity index (χ4n) is 3.84. The van der Waals surface area contributed by atoms with E-state index in [1.165, 1.54) is 18.3 Å². The number of nitrogen functional groups attached to an aromatic ring is 1. The largest absolute Gasteiger partial charge is 0.482 e. The van der Waals surface area contributed by atoms with Crippen LogP contribution in [0.1, 0.15) is 36.6 Å². The zero-order valence-electron chi connectivity index (χ0n) is 17.4. The Kier molecular flexibility index (Phi) is 5.66. The lowest BCUT2D eigenvalue weighted by molar-refractivity contribution is 0.227. The first kappa shape index (κ1) is 20.5. The zero-order chi connectivity index (χ0) is 22.0. The minimum Gasteiger partial charge on any atom is -0.482 e. The van der Waals surface area contributed by atoms with E-state index >= 15 is 0 Å². The lowest BCUT2D eigenvalue weighted by atomic mass is 9.93. The van der Waals surface area contributed by atoms with Crippen LogP contribution in [0.15, 0.2) is 54.4 Å². The van der Waals surface area contributed by atoms with Crippen molar-refractivity contribution in [2.45, 2.75) is 26.4 Å². The van der Waals surface area contributed by atoms with Gasteiger partial charge in [-0.1, -0.05) is 6.07 Å². The normalized spacial score (nSPS) is 18.0. The SMILES string of the molecule is CCN/C1=C(\C=N)Cc2cccnc2-c2ccc(F)cc2C(C)Oc2cc1cnc2N. The molecule has 0 fully saturated rings. The van der Waals surface area contributed by atoms with Crippen LogP contribution >= 0.6 is 0 Å². The van der Waals surface area contributed by atoms with E-state index in [1.54, 1.807) is 18.5 Å². The van der Waals surface area contributed by atoms with E-state index in [4.69, 9.17) is 15.9 Å². The highest BCUT2D eigenvalue weighted by Crippen LogP contribution is 2.36. The molecule has 0 amide bonds. The predicted octanol–water partition coefficient (Wildman–Crippen LogP) is 4.53. The molecule has 0 aliphatic carbocycles. The van der Waals surface area contributed by atoms with Gasteiger partial charge in [-0.25, -0.2) is 9.37 Å². The second-order valence-electron chi connectivity index (χ2n) is 7.36. The number of ether oxygens (including phenoxy) is 1. The molecule has 2 bridgehead atoms. The minimum atomic E-state index is -0.492.